The van der Waals surface area contributed by atoms with Crippen LogP contribution in [0.4, 0.5) is 10.5 Å². The monoisotopic (exact) mass is 466 g/mol. The smallest absolute Gasteiger partial charge is 0.322 e. The predicted octanol–water partition coefficient (Wildman–Crippen LogP) is 6.10. The molecule has 6 nitrogen and oxygen atoms in total. The highest BCUT2D eigenvalue weighted by Gasteiger charge is 2.34. The summed E-state index contributed by atoms with van der Waals surface area (Å²) in [5.41, 5.74) is 4.26. The maximum absolute atomic E-state index is 13.5. The van der Waals surface area contributed by atoms with Crippen LogP contribution in [0.15, 0.2) is 36.5 Å². The normalized spacial score (nSPS) is 13.4. The average molecular weight is 467 g/mol. The van der Waals surface area contributed by atoms with Gasteiger partial charge in [0.2, 0.25) is 5.91 Å². The molecule has 0 saturated heterocycles. The van der Waals surface area contributed by atoms with E-state index in [2.05, 4.69) is 68.8 Å². The topological polar surface area (TPSA) is 57.6 Å². The van der Waals surface area contributed by atoms with Crippen LogP contribution >= 0.6 is 0 Å². The molecule has 1 aromatic heterocycles. The van der Waals surface area contributed by atoms with Crippen LogP contribution in [0.3, 0.4) is 0 Å². The highest BCUT2D eigenvalue weighted by Crippen LogP contribution is 2.33. The Hall–Kier alpha value is -2.76. The van der Waals surface area contributed by atoms with Crippen LogP contribution in [-0.4, -0.2) is 45.4 Å². The second kappa shape index (κ2) is 11.6. The van der Waals surface area contributed by atoms with Crippen LogP contribution in [0.2, 0.25) is 0 Å². The lowest BCUT2D eigenvalue weighted by molar-refractivity contribution is -0.133. The zero-order chi connectivity index (χ0) is 24.8. The highest BCUT2D eigenvalue weighted by atomic mass is 16.2. The summed E-state index contributed by atoms with van der Waals surface area (Å²) < 4.78 is 2.06. The van der Waals surface area contributed by atoms with Gasteiger partial charge < -0.3 is 19.7 Å². The number of carbonyl (C=O) groups is 2. The summed E-state index contributed by atoms with van der Waals surface area (Å²) in [5, 5.41) is 3.21. The van der Waals surface area contributed by atoms with Gasteiger partial charge in [0.15, 0.2) is 0 Å². The first-order chi connectivity index (χ1) is 16.2. The molecule has 186 valence electrons. The molecule has 1 heterocycles. The number of urea groups is 1. The first-order valence-corrected chi connectivity index (χ1v) is 12.8. The van der Waals surface area contributed by atoms with Crippen molar-refractivity contribution in [2.45, 2.75) is 84.7 Å². The molecule has 0 unspecified atom stereocenters. The minimum absolute atomic E-state index is 0.0242. The Morgan fingerprint density at radius 2 is 1.71 bits per heavy atom. The molecule has 3 amide bonds. The van der Waals surface area contributed by atoms with Crippen LogP contribution in [0.5, 0.6) is 0 Å². The minimum Gasteiger partial charge on any atom is -0.353 e. The molecule has 1 N–H and O–H groups in total. The van der Waals surface area contributed by atoms with Crippen molar-refractivity contribution in [1.29, 1.82) is 0 Å². The second-order valence-corrected chi connectivity index (χ2v) is 10.2. The lowest BCUT2D eigenvalue weighted by Crippen LogP contribution is -2.45. The first kappa shape index (κ1) is 25.9. The number of anilines is 1. The Bertz CT molecular complexity index is 948. The largest absolute Gasteiger partial charge is 0.353 e. The average Bonchev–Trinajstić information content (AvgIpc) is 3.55. The van der Waals surface area contributed by atoms with Crippen molar-refractivity contribution in [1.82, 2.24) is 14.4 Å². The van der Waals surface area contributed by atoms with E-state index in [9.17, 15) is 9.59 Å². The highest BCUT2D eigenvalue weighted by molar-refractivity contribution is 5.94. The Morgan fingerprint density at radius 1 is 1.06 bits per heavy atom. The van der Waals surface area contributed by atoms with Crippen LogP contribution in [0, 0.1) is 0 Å². The molecule has 1 fully saturated rings. The molecule has 1 aliphatic carbocycles. The predicted molar refractivity (Wildman–Crippen MR) is 139 cm³/mol. The lowest BCUT2D eigenvalue weighted by Gasteiger charge is -2.29. The number of aromatic nitrogens is 1. The van der Waals surface area contributed by atoms with E-state index >= 15 is 0 Å². The van der Waals surface area contributed by atoms with Gasteiger partial charge in [0, 0.05) is 37.2 Å². The second-order valence-electron chi connectivity index (χ2n) is 10.2. The van der Waals surface area contributed by atoms with Crippen LogP contribution in [-0.2, 0) is 18.4 Å². The Morgan fingerprint density at radius 3 is 2.21 bits per heavy atom. The van der Waals surface area contributed by atoms with Crippen LogP contribution in [0.1, 0.15) is 89.0 Å². The summed E-state index contributed by atoms with van der Waals surface area (Å²) in [6.07, 6.45) is 5.91. The van der Waals surface area contributed by atoms with Gasteiger partial charge in [-0.2, -0.15) is 0 Å². The lowest BCUT2D eigenvalue weighted by atomic mass is 9.93. The Balaban J connectivity index is 1.79. The number of para-hydroxylation sites is 1. The van der Waals surface area contributed by atoms with Gasteiger partial charge in [0.1, 0.15) is 6.54 Å². The molecule has 0 spiro atoms. The van der Waals surface area contributed by atoms with E-state index in [1.54, 1.807) is 4.90 Å². The van der Waals surface area contributed by atoms with E-state index in [0.29, 0.717) is 13.1 Å². The third-order valence-corrected chi connectivity index (χ3v) is 6.69. The molecule has 3 rings (SSSR count). The fourth-order valence-corrected chi connectivity index (χ4v) is 4.38. The van der Waals surface area contributed by atoms with Crippen molar-refractivity contribution in [3.8, 4) is 0 Å². The third kappa shape index (κ3) is 6.43. The number of nitrogens with zero attached hydrogens (tertiary/aromatic N) is 3. The van der Waals surface area contributed by atoms with Crippen LogP contribution in [0.25, 0.3) is 0 Å². The number of hydrogen-bond donors (Lipinski definition) is 1. The van der Waals surface area contributed by atoms with Crippen molar-refractivity contribution in [2.75, 3.05) is 18.4 Å². The van der Waals surface area contributed by atoms with Gasteiger partial charge in [-0.15, -0.1) is 0 Å². The van der Waals surface area contributed by atoms with E-state index in [1.165, 1.54) is 0 Å². The van der Waals surface area contributed by atoms with Crippen molar-refractivity contribution in [2.24, 2.45) is 7.05 Å². The van der Waals surface area contributed by atoms with Crippen molar-refractivity contribution in [3.63, 3.8) is 0 Å². The van der Waals surface area contributed by atoms with Gasteiger partial charge in [0.25, 0.3) is 0 Å². The van der Waals surface area contributed by atoms with Gasteiger partial charge in [-0.1, -0.05) is 59.2 Å². The summed E-state index contributed by atoms with van der Waals surface area (Å²) >= 11 is 0. The van der Waals surface area contributed by atoms with E-state index < -0.39 is 0 Å². The number of benzene rings is 1. The SMILES string of the molecule is CCCCN(CC(=O)N(Cc1cccn1C)C1CC1)C(=O)Nc1c(C(C)C)cccc1C(C)C. The molecule has 0 atom stereocenters. The number of unbranched alkanes of at least 4 members (excludes halogenated alkanes) is 1. The first-order valence-electron chi connectivity index (χ1n) is 12.8. The standard InChI is InChI=1S/C28H42N4O2/c1-7-8-17-31(19-26(33)32(22-14-15-22)18-23-11-10-16-30(23)6)28(34)29-27-24(20(2)3)12-9-13-25(27)21(4)5/h9-13,16,20-22H,7-8,14-15,17-19H2,1-6H3,(H,29,34). The van der Waals surface area contributed by atoms with E-state index in [4.69, 9.17) is 0 Å². The van der Waals surface area contributed by atoms with E-state index in [-0.39, 0.29) is 36.4 Å². The Kier molecular flexibility index (Phi) is 8.81. The van der Waals surface area contributed by atoms with Crippen LogP contribution < -0.4 is 5.32 Å². The number of nitrogens with one attached hydrogen (secondary N) is 1. The number of amides is 3. The summed E-state index contributed by atoms with van der Waals surface area (Å²) in [4.78, 5) is 30.6. The molecular weight excluding hydrogens is 424 g/mol. The minimum atomic E-state index is -0.189. The van der Waals surface area contributed by atoms with Gasteiger partial charge in [-0.25, -0.2) is 4.79 Å². The summed E-state index contributed by atoms with van der Waals surface area (Å²) in [6, 6.07) is 10.4. The van der Waals surface area contributed by atoms with E-state index in [0.717, 1.165) is 48.2 Å². The number of carbonyl (C=O) groups excluding carboxylic acids is 2. The number of hydrogen-bond acceptors (Lipinski definition) is 2. The van der Waals surface area contributed by atoms with Crippen molar-refractivity contribution >= 4 is 17.6 Å². The molecule has 6 heteroatoms. The van der Waals surface area contributed by atoms with Gasteiger partial charge in [0.05, 0.1) is 6.54 Å². The maximum atomic E-state index is 13.5. The summed E-state index contributed by atoms with van der Waals surface area (Å²) in [7, 11) is 2.00. The maximum Gasteiger partial charge on any atom is 0.322 e. The van der Waals surface area contributed by atoms with Gasteiger partial charge in [-0.05, 0) is 54.4 Å². The molecule has 0 radical (unpaired) electrons. The Labute approximate surface area is 205 Å². The van der Waals surface area contributed by atoms with Crippen molar-refractivity contribution in [3.05, 3.63) is 53.3 Å². The van der Waals surface area contributed by atoms with Gasteiger partial charge in [-0.3, -0.25) is 4.79 Å². The third-order valence-electron chi connectivity index (χ3n) is 6.69. The molecule has 2 aromatic rings. The molecule has 0 aliphatic heterocycles. The number of rotatable bonds is 11. The molecular formula is C28H42N4O2. The van der Waals surface area contributed by atoms with Gasteiger partial charge >= 0.3 is 6.03 Å². The fraction of sp³-hybridized carbons (Fsp3) is 0.571. The molecule has 1 aromatic carbocycles. The molecule has 1 aliphatic rings. The summed E-state index contributed by atoms with van der Waals surface area (Å²) in [5.74, 6) is 0.599. The molecule has 0 bridgehead atoms. The van der Waals surface area contributed by atoms with Crippen molar-refractivity contribution < 1.29 is 9.59 Å². The fourth-order valence-electron chi connectivity index (χ4n) is 4.38. The van der Waals surface area contributed by atoms with E-state index in [1.807, 2.05) is 24.2 Å². The zero-order valence-electron chi connectivity index (χ0n) is 21.8. The molecule has 34 heavy (non-hydrogen) atoms. The summed E-state index contributed by atoms with van der Waals surface area (Å²) in [6.45, 7) is 11.9. The zero-order valence-corrected chi connectivity index (χ0v) is 21.8. The number of aryl methyl sites for hydroxylation is 1. The molecule has 1 saturated carbocycles. The quantitative estimate of drug-likeness (QED) is 0.435.